The molecule has 186 valence electrons. The Kier molecular flexibility index (Phi) is 7.69. The summed E-state index contributed by atoms with van der Waals surface area (Å²) in [5.74, 6) is 0.555. The quantitative estimate of drug-likeness (QED) is 0.214. The van der Waals surface area contributed by atoms with Crippen molar-refractivity contribution in [2.45, 2.75) is 92.4 Å². The van der Waals surface area contributed by atoms with Gasteiger partial charge in [-0.25, -0.2) is 0 Å². The van der Waals surface area contributed by atoms with Crippen molar-refractivity contribution in [2.24, 2.45) is 10.8 Å². The zero-order valence-corrected chi connectivity index (χ0v) is 22.8. The molecule has 0 amide bonds. The highest BCUT2D eigenvalue weighted by molar-refractivity contribution is 6.08. The predicted octanol–water partition coefficient (Wildman–Crippen LogP) is 10.1. The van der Waals surface area contributed by atoms with Crippen molar-refractivity contribution in [2.75, 3.05) is 0 Å². The van der Waals surface area contributed by atoms with Crippen LogP contribution in [0.2, 0.25) is 0 Å². The van der Waals surface area contributed by atoms with E-state index in [9.17, 15) is 0 Å². The fourth-order valence-electron chi connectivity index (χ4n) is 6.12. The van der Waals surface area contributed by atoms with Crippen molar-refractivity contribution in [3.8, 4) is 5.69 Å². The van der Waals surface area contributed by atoms with Crippen molar-refractivity contribution in [1.82, 2.24) is 9.55 Å². The maximum atomic E-state index is 4.45. The zero-order valence-electron chi connectivity index (χ0n) is 22.8. The molecule has 0 saturated heterocycles. The average molecular weight is 469 g/mol. The summed E-state index contributed by atoms with van der Waals surface area (Å²) in [7, 11) is 0. The maximum absolute atomic E-state index is 4.45. The Morgan fingerprint density at radius 1 is 0.800 bits per heavy atom. The third-order valence-corrected chi connectivity index (χ3v) is 8.55. The molecular weight excluding hydrogens is 424 g/mol. The van der Waals surface area contributed by atoms with Crippen LogP contribution in [0.4, 0.5) is 0 Å². The molecular formula is C33H44N2. The van der Waals surface area contributed by atoms with E-state index in [1.165, 1.54) is 78.0 Å². The van der Waals surface area contributed by atoms with Crippen LogP contribution in [0.5, 0.6) is 0 Å². The molecule has 2 aromatic heterocycles. The summed E-state index contributed by atoms with van der Waals surface area (Å²) in [6, 6.07) is 20.3. The van der Waals surface area contributed by atoms with Gasteiger partial charge in [0.05, 0.1) is 17.2 Å². The van der Waals surface area contributed by atoms with Gasteiger partial charge >= 0.3 is 0 Å². The summed E-state index contributed by atoms with van der Waals surface area (Å²) in [5.41, 5.74) is 5.78. The highest BCUT2D eigenvalue weighted by Gasteiger charge is 2.36. The Hall–Kier alpha value is -2.61. The van der Waals surface area contributed by atoms with Crippen LogP contribution in [-0.4, -0.2) is 9.55 Å². The van der Waals surface area contributed by atoms with Gasteiger partial charge < -0.3 is 4.57 Å². The lowest BCUT2D eigenvalue weighted by molar-refractivity contribution is 0.157. The van der Waals surface area contributed by atoms with Crippen LogP contribution in [0.3, 0.4) is 0 Å². The van der Waals surface area contributed by atoms with Gasteiger partial charge in [-0.15, -0.1) is 0 Å². The molecule has 4 aromatic rings. The van der Waals surface area contributed by atoms with Crippen LogP contribution in [0.15, 0.2) is 67.0 Å². The van der Waals surface area contributed by atoms with Crippen molar-refractivity contribution >= 4 is 21.8 Å². The average Bonchev–Trinajstić information content (AvgIpc) is 3.21. The third kappa shape index (κ3) is 5.17. The smallest absolute Gasteiger partial charge is 0.0724 e. The molecule has 0 bridgehead atoms. The summed E-state index contributed by atoms with van der Waals surface area (Å²) >= 11 is 0. The van der Waals surface area contributed by atoms with Gasteiger partial charge in [0.2, 0.25) is 0 Å². The van der Waals surface area contributed by atoms with Crippen molar-refractivity contribution < 1.29 is 0 Å². The first kappa shape index (κ1) is 25.5. The Labute approximate surface area is 212 Å². The number of pyridine rings is 1. The lowest BCUT2D eigenvalue weighted by Crippen LogP contribution is -2.29. The monoisotopic (exact) mass is 468 g/mol. The van der Waals surface area contributed by atoms with Gasteiger partial charge in [-0.2, -0.15) is 0 Å². The minimum atomic E-state index is 0.276. The topological polar surface area (TPSA) is 17.8 Å². The summed E-state index contributed by atoms with van der Waals surface area (Å²) in [6.45, 7) is 14.5. The summed E-state index contributed by atoms with van der Waals surface area (Å²) in [5, 5.41) is 2.54. The summed E-state index contributed by atoms with van der Waals surface area (Å²) < 4.78 is 2.37. The Balaban J connectivity index is 1.76. The largest absolute Gasteiger partial charge is 0.308 e. The number of aromatic nitrogens is 2. The number of nitrogens with zero attached hydrogens (tertiary/aromatic N) is 2. The van der Waals surface area contributed by atoms with Crippen molar-refractivity contribution in [3.63, 3.8) is 0 Å². The predicted molar refractivity (Wildman–Crippen MR) is 153 cm³/mol. The molecule has 2 heterocycles. The number of fused-ring (bicyclic) bond motifs is 3. The van der Waals surface area contributed by atoms with Crippen LogP contribution in [0.25, 0.3) is 27.5 Å². The second kappa shape index (κ2) is 10.6. The summed E-state index contributed by atoms with van der Waals surface area (Å²) in [6.07, 6.45) is 12.8. The second-order valence-electron chi connectivity index (χ2n) is 11.6. The maximum Gasteiger partial charge on any atom is 0.0724 e. The van der Waals surface area contributed by atoms with Crippen molar-refractivity contribution in [3.05, 3.63) is 72.6 Å². The molecule has 2 unspecified atom stereocenters. The number of rotatable bonds is 11. The SMILES string of the molecule is CCCCC(C)(C)C(CC(C)(CC)CCC)c1ccc(-n2c3ccccc3c3ccncc32)cc1. The van der Waals surface area contributed by atoms with E-state index in [1.807, 2.05) is 12.4 Å². The molecule has 0 N–H and O–H groups in total. The molecule has 0 saturated carbocycles. The van der Waals surface area contributed by atoms with E-state index in [4.69, 9.17) is 0 Å². The Morgan fingerprint density at radius 3 is 2.20 bits per heavy atom. The van der Waals surface area contributed by atoms with Gasteiger partial charge in [-0.3, -0.25) is 4.98 Å². The molecule has 0 radical (unpaired) electrons. The zero-order chi connectivity index (χ0) is 25.1. The van der Waals surface area contributed by atoms with Crippen LogP contribution < -0.4 is 0 Å². The number of benzene rings is 2. The Morgan fingerprint density at radius 2 is 1.51 bits per heavy atom. The summed E-state index contributed by atoms with van der Waals surface area (Å²) in [4.78, 5) is 4.45. The minimum absolute atomic E-state index is 0.276. The number of hydrogen-bond donors (Lipinski definition) is 0. The van der Waals surface area contributed by atoms with E-state index in [0.29, 0.717) is 11.3 Å². The third-order valence-electron chi connectivity index (χ3n) is 8.55. The highest BCUT2D eigenvalue weighted by Crippen LogP contribution is 2.49. The van der Waals surface area contributed by atoms with Crippen LogP contribution in [0.1, 0.15) is 98.0 Å². The van der Waals surface area contributed by atoms with Gasteiger partial charge in [0, 0.05) is 22.7 Å². The lowest BCUT2D eigenvalue weighted by atomic mass is 9.64. The van der Waals surface area contributed by atoms with E-state index in [1.54, 1.807) is 0 Å². The molecule has 0 spiro atoms. The fraction of sp³-hybridized carbons (Fsp3) is 0.485. The van der Waals surface area contributed by atoms with Gasteiger partial charge in [-0.1, -0.05) is 97.6 Å². The van der Waals surface area contributed by atoms with Gasteiger partial charge in [0.15, 0.2) is 0 Å². The molecule has 2 nitrogen and oxygen atoms in total. The number of para-hydroxylation sites is 1. The molecule has 0 aliphatic heterocycles. The van der Waals surface area contributed by atoms with Gasteiger partial charge in [0.25, 0.3) is 0 Å². The molecule has 0 aliphatic rings. The second-order valence-corrected chi connectivity index (χ2v) is 11.6. The van der Waals surface area contributed by atoms with Crippen LogP contribution >= 0.6 is 0 Å². The minimum Gasteiger partial charge on any atom is -0.308 e. The van der Waals surface area contributed by atoms with Crippen molar-refractivity contribution in [1.29, 1.82) is 0 Å². The first-order valence-corrected chi connectivity index (χ1v) is 13.8. The molecule has 0 fully saturated rings. The van der Waals surface area contributed by atoms with Gasteiger partial charge in [-0.05, 0) is 65.8 Å². The van der Waals surface area contributed by atoms with E-state index in [0.717, 1.165) is 0 Å². The first-order valence-electron chi connectivity index (χ1n) is 13.8. The number of hydrogen-bond acceptors (Lipinski definition) is 1. The lowest BCUT2D eigenvalue weighted by Gasteiger charge is -2.41. The molecule has 2 atom stereocenters. The van der Waals surface area contributed by atoms with E-state index >= 15 is 0 Å². The normalized spacial score (nSPS) is 14.9. The molecule has 2 heteroatoms. The molecule has 2 aromatic carbocycles. The van der Waals surface area contributed by atoms with Crippen LogP contribution in [0, 0.1) is 10.8 Å². The van der Waals surface area contributed by atoms with E-state index in [2.05, 4.69) is 106 Å². The molecule has 4 rings (SSSR count). The fourth-order valence-corrected chi connectivity index (χ4v) is 6.12. The molecule has 35 heavy (non-hydrogen) atoms. The number of unbranched alkanes of at least 4 members (excludes halogenated alkanes) is 1. The Bertz CT molecular complexity index is 1190. The van der Waals surface area contributed by atoms with E-state index in [-0.39, 0.29) is 5.41 Å². The standard InChI is InChI=1S/C33H44N2/c1-7-10-21-32(4,5)29(23-33(6,9-3)20-8-2)25-15-17-26(18-16-25)35-30-14-12-11-13-27(30)28-19-22-34-24-31(28)35/h11-19,22,24,29H,7-10,20-21,23H2,1-6H3. The van der Waals surface area contributed by atoms with E-state index < -0.39 is 0 Å². The molecule has 0 aliphatic carbocycles. The first-order chi connectivity index (χ1) is 16.8. The highest BCUT2D eigenvalue weighted by atomic mass is 15.0. The van der Waals surface area contributed by atoms with Crippen LogP contribution in [-0.2, 0) is 0 Å². The van der Waals surface area contributed by atoms with Gasteiger partial charge in [0.1, 0.15) is 0 Å².